The molecule has 1 rings (SSSR count). The summed E-state index contributed by atoms with van der Waals surface area (Å²) >= 11 is 0. The fourth-order valence-corrected chi connectivity index (χ4v) is 1.91. The molecule has 0 unspecified atom stereocenters. The summed E-state index contributed by atoms with van der Waals surface area (Å²) in [6.45, 7) is 6.65. The van der Waals surface area contributed by atoms with Gasteiger partial charge in [0.2, 0.25) is 0 Å². The molecule has 0 saturated carbocycles. The Morgan fingerprint density at radius 1 is 1.41 bits per heavy atom. The van der Waals surface area contributed by atoms with Crippen LogP contribution in [0.4, 0.5) is 0 Å². The fourth-order valence-electron chi connectivity index (χ4n) is 1.30. The highest BCUT2D eigenvalue weighted by Crippen LogP contribution is 2.06. The van der Waals surface area contributed by atoms with Gasteiger partial charge in [-0.25, -0.2) is 18.4 Å². The summed E-state index contributed by atoms with van der Waals surface area (Å²) < 4.78 is 22.3. The van der Waals surface area contributed by atoms with Crippen LogP contribution in [0.3, 0.4) is 0 Å². The van der Waals surface area contributed by atoms with Crippen molar-refractivity contribution in [2.75, 3.05) is 6.26 Å². The molecule has 0 aliphatic rings. The number of nitrogens with zero attached hydrogens (tertiary/aromatic N) is 2. The van der Waals surface area contributed by atoms with Crippen LogP contribution in [0.1, 0.15) is 30.9 Å². The summed E-state index contributed by atoms with van der Waals surface area (Å²) in [5.74, 6) is 0.251. The van der Waals surface area contributed by atoms with Gasteiger partial charge in [-0.05, 0) is 12.5 Å². The Morgan fingerprint density at radius 3 is 2.59 bits per heavy atom. The molecule has 0 atom stereocenters. The minimum absolute atomic E-state index is 0.109. The van der Waals surface area contributed by atoms with Gasteiger partial charge in [-0.3, -0.25) is 0 Å². The Labute approximate surface area is 103 Å². The summed E-state index contributed by atoms with van der Waals surface area (Å²) in [5, 5.41) is 3.25. The molecule has 1 N–H and O–H groups in total. The Bertz CT molecular complexity index is 483. The van der Waals surface area contributed by atoms with E-state index in [2.05, 4.69) is 15.3 Å². The topological polar surface area (TPSA) is 72.0 Å². The number of aromatic nitrogens is 2. The van der Waals surface area contributed by atoms with Gasteiger partial charge in [-0.1, -0.05) is 13.8 Å². The highest BCUT2D eigenvalue weighted by Gasteiger charge is 2.10. The summed E-state index contributed by atoms with van der Waals surface area (Å²) in [4.78, 5) is 8.31. The standard InChI is InChI=1S/C11H19N3O2S/c1-8(2)12-6-10-9(3)5-13-11(14-10)7-17(4,15)16/h5,8,12H,6-7H2,1-4H3. The van der Waals surface area contributed by atoms with E-state index >= 15 is 0 Å². The lowest BCUT2D eigenvalue weighted by Crippen LogP contribution is -2.23. The first-order chi connectivity index (χ1) is 7.78. The third kappa shape index (κ3) is 5.23. The van der Waals surface area contributed by atoms with Gasteiger partial charge in [0.05, 0.1) is 5.69 Å². The van der Waals surface area contributed by atoms with Crippen LogP contribution < -0.4 is 5.32 Å². The quantitative estimate of drug-likeness (QED) is 0.846. The van der Waals surface area contributed by atoms with Crippen molar-refractivity contribution in [2.45, 2.75) is 39.1 Å². The smallest absolute Gasteiger partial charge is 0.154 e. The molecule has 1 heterocycles. The summed E-state index contributed by atoms with van der Waals surface area (Å²) in [6.07, 6.45) is 2.85. The van der Waals surface area contributed by atoms with E-state index in [1.54, 1.807) is 6.20 Å². The molecule has 0 aliphatic carbocycles. The molecule has 0 spiro atoms. The third-order valence-corrected chi connectivity index (χ3v) is 2.98. The Kier molecular flexibility index (Phi) is 4.59. The molecule has 1 aromatic rings. The fraction of sp³-hybridized carbons (Fsp3) is 0.636. The largest absolute Gasteiger partial charge is 0.309 e. The van der Waals surface area contributed by atoms with Gasteiger partial charge < -0.3 is 5.32 Å². The van der Waals surface area contributed by atoms with Crippen LogP contribution in [0, 0.1) is 6.92 Å². The number of rotatable bonds is 5. The SMILES string of the molecule is Cc1cnc(CS(C)(=O)=O)nc1CNC(C)C. The molecule has 17 heavy (non-hydrogen) atoms. The average molecular weight is 257 g/mol. The molecule has 5 nitrogen and oxygen atoms in total. The van der Waals surface area contributed by atoms with Crippen LogP contribution in [-0.2, 0) is 22.1 Å². The minimum Gasteiger partial charge on any atom is -0.309 e. The van der Waals surface area contributed by atoms with Crippen LogP contribution >= 0.6 is 0 Å². The first-order valence-corrected chi connectivity index (χ1v) is 7.56. The zero-order valence-electron chi connectivity index (χ0n) is 10.7. The van der Waals surface area contributed by atoms with Crippen molar-refractivity contribution < 1.29 is 8.42 Å². The molecule has 0 aromatic carbocycles. The first-order valence-electron chi connectivity index (χ1n) is 5.50. The number of aryl methyl sites for hydroxylation is 1. The Morgan fingerprint density at radius 2 is 2.06 bits per heavy atom. The zero-order chi connectivity index (χ0) is 13.1. The Hall–Kier alpha value is -1.01. The van der Waals surface area contributed by atoms with Gasteiger partial charge in [0.25, 0.3) is 0 Å². The number of nitrogens with one attached hydrogen (secondary N) is 1. The highest BCUT2D eigenvalue weighted by atomic mass is 32.2. The van der Waals surface area contributed by atoms with E-state index in [-0.39, 0.29) is 5.75 Å². The zero-order valence-corrected chi connectivity index (χ0v) is 11.5. The minimum atomic E-state index is -3.08. The lowest BCUT2D eigenvalue weighted by Gasteiger charge is -2.10. The van der Waals surface area contributed by atoms with Crippen LogP contribution in [0.2, 0.25) is 0 Å². The van der Waals surface area contributed by atoms with E-state index in [4.69, 9.17) is 0 Å². The van der Waals surface area contributed by atoms with E-state index in [1.807, 2.05) is 20.8 Å². The van der Waals surface area contributed by atoms with E-state index in [9.17, 15) is 8.42 Å². The van der Waals surface area contributed by atoms with E-state index in [1.165, 1.54) is 6.26 Å². The maximum absolute atomic E-state index is 11.2. The second-order valence-electron chi connectivity index (χ2n) is 4.52. The van der Waals surface area contributed by atoms with Gasteiger partial charge in [-0.2, -0.15) is 0 Å². The molecule has 0 aliphatic heterocycles. The lowest BCUT2D eigenvalue weighted by atomic mass is 10.2. The predicted octanol–water partition coefficient (Wildman–Crippen LogP) is 0.828. The van der Waals surface area contributed by atoms with Crippen molar-refractivity contribution in [3.63, 3.8) is 0 Å². The van der Waals surface area contributed by atoms with Crippen molar-refractivity contribution >= 4 is 9.84 Å². The van der Waals surface area contributed by atoms with Crippen molar-refractivity contribution in [1.82, 2.24) is 15.3 Å². The molecule has 0 amide bonds. The van der Waals surface area contributed by atoms with Gasteiger partial charge >= 0.3 is 0 Å². The summed E-state index contributed by atoms with van der Waals surface area (Å²) in [6, 6.07) is 0.364. The average Bonchev–Trinajstić information content (AvgIpc) is 2.16. The van der Waals surface area contributed by atoms with Gasteiger partial charge in [0, 0.05) is 25.0 Å². The molecule has 0 fully saturated rings. The highest BCUT2D eigenvalue weighted by molar-refractivity contribution is 7.89. The number of sulfone groups is 1. The van der Waals surface area contributed by atoms with Gasteiger partial charge in [0.1, 0.15) is 11.6 Å². The molecular formula is C11H19N3O2S. The second kappa shape index (κ2) is 5.55. The molecule has 6 heteroatoms. The second-order valence-corrected chi connectivity index (χ2v) is 6.66. The third-order valence-electron chi connectivity index (χ3n) is 2.20. The molecule has 96 valence electrons. The lowest BCUT2D eigenvalue weighted by molar-refractivity contribution is 0.576. The van der Waals surface area contributed by atoms with Crippen molar-refractivity contribution in [3.05, 3.63) is 23.3 Å². The number of hydrogen-bond acceptors (Lipinski definition) is 5. The molecule has 0 bridgehead atoms. The first kappa shape index (κ1) is 14.1. The molecule has 1 aromatic heterocycles. The molecule has 0 radical (unpaired) electrons. The number of hydrogen-bond donors (Lipinski definition) is 1. The van der Waals surface area contributed by atoms with Crippen molar-refractivity contribution in [1.29, 1.82) is 0 Å². The molecular weight excluding hydrogens is 238 g/mol. The van der Waals surface area contributed by atoms with Gasteiger partial charge in [-0.15, -0.1) is 0 Å². The summed E-state index contributed by atoms with van der Waals surface area (Å²) in [7, 11) is -3.08. The van der Waals surface area contributed by atoms with Gasteiger partial charge in [0.15, 0.2) is 9.84 Å². The van der Waals surface area contributed by atoms with Crippen LogP contribution in [-0.4, -0.2) is 30.7 Å². The van der Waals surface area contributed by atoms with Crippen LogP contribution in [0.15, 0.2) is 6.20 Å². The van der Waals surface area contributed by atoms with Crippen LogP contribution in [0.25, 0.3) is 0 Å². The summed E-state index contributed by atoms with van der Waals surface area (Å²) in [5.41, 5.74) is 1.82. The van der Waals surface area contributed by atoms with E-state index < -0.39 is 9.84 Å². The van der Waals surface area contributed by atoms with Crippen molar-refractivity contribution in [3.8, 4) is 0 Å². The normalized spacial score (nSPS) is 12.1. The monoisotopic (exact) mass is 257 g/mol. The van der Waals surface area contributed by atoms with Crippen LogP contribution in [0.5, 0.6) is 0 Å². The van der Waals surface area contributed by atoms with E-state index in [0.29, 0.717) is 18.4 Å². The van der Waals surface area contributed by atoms with E-state index in [0.717, 1.165) is 11.3 Å². The predicted molar refractivity (Wildman–Crippen MR) is 67.3 cm³/mol. The molecule has 0 saturated heterocycles. The van der Waals surface area contributed by atoms with Crippen molar-refractivity contribution in [2.24, 2.45) is 0 Å². The maximum atomic E-state index is 11.2. The Balaban J connectivity index is 2.86. The maximum Gasteiger partial charge on any atom is 0.154 e.